The van der Waals surface area contributed by atoms with Crippen LogP contribution in [0.3, 0.4) is 0 Å². The predicted octanol–water partition coefficient (Wildman–Crippen LogP) is 9.40. The molecule has 0 amide bonds. The molecule has 170 valence electrons. The number of hydrogen-bond donors (Lipinski definition) is 0. The molecule has 0 bridgehead atoms. The summed E-state index contributed by atoms with van der Waals surface area (Å²) in [6.45, 7) is 4.74. The SMILES string of the molecule is CC1(C)c2ccccc2-c2c3c1cccc3cc1c3c4ccccc4ccc3n(-c3ccccc3)c21. The Balaban J connectivity index is 1.73. The van der Waals surface area contributed by atoms with E-state index in [2.05, 4.69) is 134 Å². The summed E-state index contributed by atoms with van der Waals surface area (Å²) in [5.41, 5.74) is 9.20. The summed E-state index contributed by atoms with van der Waals surface area (Å²) in [7, 11) is 0. The van der Waals surface area contributed by atoms with Gasteiger partial charge in [-0.25, -0.2) is 0 Å². The highest BCUT2D eigenvalue weighted by molar-refractivity contribution is 6.28. The van der Waals surface area contributed by atoms with Crippen molar-refractivity contribution in [2.75, 3.05) is 0 Å². The van der Waals surface area contributed by atoms with E-state index in [0.29, 0.717) is 0 Å². The molecule has 1 aliphatic rings. The van der Waals surface area contributed by atoms with Crippen LogP contribution in [-0.4, -0.2) is 4.57 Å². The van der Waals surface area contributed by atoms with Crippen molar-refractivity contribution >= 4 is 43.4 Å². The smallest absolute Gasteiger partial charge is 0.0626 e. The van der Waals surface area contributed by atoms with Crippen molar-refractivity contribution in [2.45, 2.75) is 19.3 Å². The molecule has 36 heavy (non-hydrogen) atoms. The highest BCUT2D eigenvalue weighted by Gasteiger charge is 2.35. The molecule has 1 heterocycles. The maximum absolute atomic E-state index is 2.50. The van der Waals surface area contributed by atoms with E-state index in [1.54, 1.807) is 0 Å². The van der Waals surface area contributed by atoms with E-state index in [4.69, 9.17) is 0 Å². The lowest BCUT2D eigenvalue weighted by molar-refractivity contribution is 0.645. The van der Waals surface area contributed by atoms with Crippen molar-refractivity contribution in [3.05, 3.63) is 126 Å². The number of hydrogen-bond acceptors (Lipinski definition) is 0. The molecule has 0 N–H and O–H groups in total. The maximum atomic E-state index is 2.50. The van der Waals surface area contributed by atoms with Gasteiger partial charge in [-0.15, -0.1) is 0 Å². The molecule has 1 heteroatoms. The minimum Gasteiger partial charge on any atom is -0.309 e. The first-order chi connectivity index (χ1) is 17.6. The lowest BCUT2D eigenvalue weighted by Crippen LogP contribution is -2.23. The first-order valence-corrected chi connectivity index (χ1v) is 12.7. The average molecular weight is 460 g/mol. The molecule has 7 aromatic rings. The van der Waals surface area contributed by atoms with Crippen molar-refractivity contribution in [1.29, 1.82) is 0 Å². The van der Waals surface area contributed by atoms with Crippen LogP contribution in [0.25, 0.3) is 60.2 Å². The second kappa shape index (κ2) is 6.86. The van der Waals surface area contributed by atoms with Crippen LogP contribution >= 0.6 is 0 Å². The Bertz CT molecular complexity index is 2000. The van der Waals surface area contributed by atoms with Gasteiger partial charge in [-0.05, 0) is 62.5 Å². The lowest BCUT2D eigenvalue weighted by Gasteiger charge is -2.35. The number of rotatable bonds is 1. The second-order valence-electron chi connectivity index (χ2n) is 10.6. The van der Waals surface area contributed by atoms with Crippen LogP contribution in [0.15, 0.2) is 115 Å². The third-order valence-corrected chi connectivity index (χ3v) is 8.34. The Labute approximate surface area is 210 Å². The zero-order chi connectivity index (χ0) is 24.0. The van der Waals surface area contributed by atoms with E-state index in [1.165, 1.54) is 71.3 Å². The Morgan fingerprint density at radius 2 is 1.28 bits per heavy atom. The molecule has 1 aromatic heterocycles. The standard InChI is InChI=1S/C35H25N/c1-35(2)28-17-9-8-16-26(28)33-31-23(12-10-18-29(31)35)21-27-32-25-15-7-6-11-22(25)19-20-30(32)36(34(27)33)24-13-4-3-5-14-24/h3-21H,1-2H3. The van der Waals surface area contributed by atoms with Gasteiger partial charge in [-0.2, -0.15) is 0 Å². The van der Waals surface area contributed by atoms with Gasteiger partial charge in [0.25, 0.3) is 0 Å². The Morgan fingerprint density at radius 1 is 0.556 bits per heavy atom. The van der Waals surface area contributed by atoms with E-state index >= 15 is 0 Å². The molecule has 0 unspecified atom stereocenters. The van der Waals surface area contributed by atoms with Gasteiger partial charge in [0.1, 0.15) is 0 Å². The minimum absolute atomic E-state index is 0.0624. The number of benzene rings is 6. The summed E-state index contributed by atoms with van der Waals surface area (Å²) in [6.07, 6.45) is 0. The zero-order valence-corrected chi connectivity index (χ0v) is 20.4. The van der Waals surface area contributed by atoms with Crippen LogP contribution in [-0.2, 0) is 5.41 Å². The van der Waals surface area contributed by atoms with Crippen molar-refractivity contribution < 1.29 is 0 Å². The molecule has 0 spiro atoms. The molecule has 0 fully saturated rings. The summed E-state index contributed by atoms with van der Waals surface area (Å²) in [5.74, 6) is 0. The summed E-state index contributed by atoms with van der Waals surface area (Å²) in [4.78, 5) is 0. The maximum Gasteiger partial charge on any atom is 0.0626 e. The molecule has 8 rings (SSSR count). The summed E-state index contributed by atoms with van der Waals surface area (Å²) in [5, 5.41) is 7.94. The summed E-state index contributed by atoms with van der Waals surface area (Å²) < 4.78 is 2.50. The quantitative estimate of drug-likeness (QED) is 0.230. The second-order valence-corrected chi connectivity index (χ2v) is 10.6. The van der Waals surface area contributed by atoms with Crippen molar-refractivity contribution in [3.63, 3.8) is 0 Å². The van der Waals surface area contributed by atoms with E-state index in [1.807, 2.05) is 0 Å². The van der Waals surface area contributed by atoms with Gasteiger partial charge < -0.3 is 4.57 Å². The van der Waals surface area contributed by atoms with E-state index in [0.717, 1.165) is 0 Å². The van der Waals surface area contributed by atoms with Crippen molar-refractivity contribution in [2.24, 2.45) is 0 Å². The number of nitrogens with zero attached hydrogens (tertiary/aromatic N) is 1. The molecule has 0 radical (unpaired) electrons. The first kappa shape index (κ1) is 19.9. The molecule has 1 aliphatic carbocycles. The van der Waals surface area contributed by atoms with Crippen molar-refractivity contribution in [3.8, 4) is 16.8 Å². The molecule has 1 nitrogen and oxygen atoms in total. The van der Waals surface area contributed by atoms with Gasteiger partial charge in [0.2, 0.25) is 0 Å². The van der Waals surface area contributed by atoms with Crippen LogP contribution in [0.5, 0.6) is 0 Å². The van der Waals surface area contributed by atoms with Crippen LogP contribution in [0.4, 0.5) is 0 Å². The zero-order valence-electron chi connectivity index (χ0n) is 20.4. The van der Waals surface area contributed by atoms with Crippen LogP contribution in [0.2, 0.25) is 0 Å². The molecule has 6 aromatic carbocycles. The minimum atomic E-state index is -0.0624. The van der Waals surface area contributed by atoms with Gasteiger partial charge in [0, 0.05) is 27.4 Å². The fraction of sp³-hybridized carbons (Fsp3) is 0.0857. The fourth-order valence-corrected chi connectivity index (χ4v) is 6.74. The molecular weight excluding hydrogens is 434 g/mol. The number of para-hydroxylation sites is 1. The molecular formula is C35H25N. The molecule has 0 aliphatic heterocycles. The fourth-order valence-electron chi connectivity index (χ4n) is 6.74. The Morgan fingerprint density at radius 3 is 2.17 bits per heavy atom. The van der Waals surface area contributed by atoms with E-state index < -0.39 is 0 Å². The average Bonchev–Trinajstić information content (AvgIpc) is 3.26. The summed E-state index contributed by atoms with van der Waals surface area (Å²) >= 11 is 0. The molecule has 0 atom stereocenters. The van der Waals surface area contributed by atoms with Gasteiger partial charge in [0.15, 0.2) is 0 Å². The first-order valence-electron chi connectivity index (χ1n) is 12.7. The third-order valence-electron chi connectivity index (χ3n) is 8.34. The van der Waals surface area contributed by atoms with Crippen LogP contribution in [0.1, 0.15) is 25.0 Å². The van der Waals surface area contributed by atoms with Crippen LogP contribution in [0, 0.1) is 0 Å². The topological polar surface area (TPSA) is 4.93 Å². The largest absolute Gasteiger partial charge is 0.309 e. The van der Waals surface area contributed by atoms with Crippen molar-refractivity contribution in [1.82, 2.24) is 4.57 Å². The summed E-state index contributed by atoms with van der Waals surface area (Å²) in [6, 6.07) is 42.5. The van der Waals surface area contributed by atoms with Crippen LogP contribution < -0.4 is 0 Å². The Kier molecular flexibility index (Phi) is 3.79. The number of aromatic nitrogens is 1. The van der Waals surface area contributed by atoms with Gasteiger partial charge in [-0.1, -0.05) is 105 Å². The normalized spacial score (nSPS) is 14.1. The molecule has 0 saturated carbocycles. The molecule has 0 saturated heterocycles. The highest BCUT2D eigenvalue weighted by atomic mass is 15.0. The van der Waals surface area contributed by atoms with E-state index in [9.17, 15) is 0 Å². The predicted molar refractivity (Wildman–Crippen MR) is 153 cm³/mol. The van der Waals surface area contributed by atoms with Gasteiger partial charge in [-0.3, -0.25) is 0 Å². The highest BCUT2D eigenvalue weighted by Crippen LogP contribution is 2.53. The van der Waals surface area contributed by atoms with Gasteiger partial charge >= 0.3 is 0 Å². The monoisotopic (exact) mass is 459 g/mol. The van der Waals surface area contributed by atoms with Gasteiger partial charge in [0.05, 0.1) is 11.0 Å². The Hall–Kier alpha value is -4.36. The number of fused-ring (bicyclic) bond motifs is 8. The van der Waals surface area contributed by atoms with E-state index in [-0.39, 0.29) is 5.41 Å². The third kappa shape index (κ3) is 2.40. The lowest BCUT2D eigenvalue weighted by atomic mass is 9.68.